The molecule has 0 radical (unpaired) electrons. The molecule has 20 heavy (non-hydrogen) atoms. The number of rotatable bonds is 6. The van der Waals surface area contributed by atoms with Crippen LogP contribution in [0.1, 0.15) is 18.6 Å². The molecule has 1 amide bonds. The first-order valence-corrected chi connectivity index (χ1v) is 6.77. The second-order valence-corrected chi connectivity index (χ2v) is 5.13. The number of hydrogen-bond acceptors (Lipinski definition) is 5. The predicted molar refractivity (Wildman–Crippen MR) is 80.2 cm³/mol. The fourth-order valence-electron chi connectivity index (χ4n) is 2.46. The van der Waals surface area contributed by atoms with Crippen LogP contribution in [0.4, 0.5) is 5.82 Å². The van der Waals surface area contributed by atoms with E-state index in [4.69, 9.17) is 4.52 Å². The van der Waals surface area contributed by atoms with Gasteiger partial charge in [0, 0.05) is 25.6 Å². The number of carbonyl (C=O) groups excluding carboxylic acids is 1. The van der Waals surface area contributed by atoms with E-state index in [-0.39, 0.29) is 18.3 Å². The Kier molecular flexibility index (Phi) is 6.98. The quantitative estimate of drug-likeness (QED) is 0.828. The molecule has 114 valence electrons. The van der Waals surface area contributed by atoms with E-state index >= 15 is 0 Å². The van der Waals surface area contributed by atoms with E-state index in [0.717, 1.165) is 26.2 Å². The maximum atomic E-state index is 11.8. The minimum absolute atomic E-state index is 0. The summed E-state index contributed by atoms with van der Waals surface area (Å²) in [6.45, 7) is 5.83. The van der Waals surface area contributed by atoms with Gasteiger partial charge in [0.25, 0.3) is 0 Å². The Hall–Kier alpha value is -1.11. The molecule has 1 aliphatic heterocycles. The average Bonchev–Trinajstić information content (AvgIpc) is 2.97. The molecule has 6 nitrogen and oxygen atoms in total. The number of hydrogen-bond donors (Lipinski definition) is 2. The summed E-state index contributed by atoms with van der Waals surface area (Å²) >= 11 is 0. The lowest BCUT2D eigenvalue weighted by Crippen LogP contribution is -2.27. The van der Waals surface area contributed by atoms with Gasteiger partial charge in [0.2, 0.25) is 5.91 Å². The Labute approximate surface area is 125 Å². The van der Waals surface area contributed by atoms with Crippen molar-refractivity contribution in [3.8, 4) is 0 Å². The van der Waals surface area contributed by atoms with Crippen LogP contribution < -0.4 is 10.6 Å². The molecule has 0 saturated carbocycles. The molecular weight excluding hydrogens is 280 g/mol. The largest absolute Gasteiger partial charge is 0.360 e. The maximum Gasteiger partial charge on any atom is 0.226 e. The molecule has 1 aromatic heterocycles. The van der Waals surface area contributed by atoms with Crippen molar-refractivity contribution in [2.24, 2.45) is 5.92 Å². The van der Waals surface area contributed by atoms with Gasteiger partial charge in [0.05, 0.1) is 0 Å². The highest BCUT2D eigenvalue weighted by Crippen LogP contribution is 2.15. The van der Waals surface area contributed by atoms with Crippen LogP contribution in [0.5, 0.6) is 0 Å². The van der Waals surface area contributed by atoms with Crippen LogP contribution in [0.3, 0.4) is 0 Å². The van der Waals surface area contributed by atoms with Gasteiger partial charge in [-0.3, -0.25) is 4.79 Å². The molecule has 0 bridgehead atoms. The second-order valence-electron chi connectivity index (χ2n) is 5.13. The summed E-state index contributed by atoms with van der Waals surface area (Å²) < 4.78 is 4.90. The van der Waals surface area contributed by atoms with Crippen LogP contribution in [0.25, 0.3) is 0 Å². The summed E-state index contributed by atoms with van der Waals surface area (Å²) in [7, 11) is 1.98. The summed E-state index contributed by atoms with van der Waals surface area (Å²) in [6.07, 6.45) is 1.71. The summed E-state index contributed by atoms with van der Waals surface area (Å²) in [5.74, 6) is 1.90. The van der Waals surface area contributed by atoms with Gasteiger partial charge in [0.15, 0.2) is 5.82 Å². The Morgan fingerprint density at radius 3 is 3.05 bits per heavy atom. The highest BCUT2D eigenvalue weighted by molar-refractivity contribution is 5.89. The standard InChI is InChI=1S/C13H22N4O2.ClH/c1-10-7-12(16-19-10)15-13(18)4-6-17-5-3-11(9-17)8-14-2;/h7,11,14H,3-6,8-9H2,1-2H3,(H,15,16,18);1H. The normalized spacial score (nSPS) is 18.8. The molecule has 1 unspecified atom stereocenters. The van der Waals surface area contributed by atoms with Crippen molar-refractivity contribution in [1.82, 2.24) is 15.4 Å². The molecule has 7 heteroatoms. The lowest BCUT2D eigenvalue weighted by Gasteiger charge is -2.15. The van der Waals surface area contributed by atoms with Crippen LogP contribution in [-0.2, 0) is 4.79 Å². The first kappa shape index (κ1) is 16.9. The monoisotopic (exact) mass is 302 g/mol. The zero-order valence-electron chi connectivity index (χ0n) is 12.0. The van der Waals surface area contributed by atoms with Crippen molar-refractivity contribution in [2.75, 3.05) is 38.5 Å². The zero-order valence-corrected chi connectivity index (χ0v) is 12.8. The summed E-state index contributed by atoms with van der Waals surface area (Å²) in [6, 6.07) is 1.72. The van der Waals surface area contributed by atoms with Gasteiger partial charge >= 0.3 is 0 Å². The molecule has 1 fully saturated rings. The average molecular weight is 303 g/mol. The van der Waals surface area contributed by atoms with Gasteiger partial charge in [-0.1, -0.05) is 5.16 Å². The Bertz CT molecular complexity index is 424. The molecule has 2 rings (SSSR count). The van der Waals surface area contributed by atoms with E-state index in [1.165, 1.54) is 6.42 Å². The molecule has 0 aliphatic carbocycles. The molecule has 1 saturated heterocycles. The van der Waals surface area contributed by atoms with E-state index in [2.05, 4.69) is 20.7 Å². The van der Waals surface area contributed by atoms with Crippen LogP contribution in [0.15, 0.2) is 10.6 Å². The van der Waals surface area contributed by atoms with Crippen LogP contribution in [-0.4, -0.2) is 49.2 Å². The van der Waals surface area contributed by atoms with Crippen molar-refractivity contribution in [3.63, 3.8) is 0 Å². The highest BCUT2D eigenvalue weighted by Gasteiger charge is 2.21. The number of nitrogens with zero attached hydrogens (tertiary/aromatic N) is 2. The highest BCUT2D eigenvalue weighted by atomic mass is 35.5. The number of halogens is 1. The Morgan fingerprint density at radius 1 is 1.60 bits per heavy atom. The number of nitrogens with one attached hydrogen (secondary N) is 2. The summed E-state index contributed by atoms with van der Waals surface area (Å²) in [5.41, 5.74) is 0. The predicted octanol–water partition coefficient (Wildman–Crippen LogP) is 1.27. The number of aryl methyl sites for hydroxylation is 1. The van der Waals surface area contributed by atoms with Gasteiger partial charge < -0.3 is 20.1 Å². The first-order valence-electron chi connectivity index (χ1n) is 6.77. The molecule has 0 aromatic carbocycles. The fraction of sp³-hybridized carbons (Fsp3) is 0.692. The lowest BCUT2D eigenvalue weighted by atomic mass is 10.1. The molecule has 1 aromatic rings. The Morgan fingerprint density at radius 2 is 2.40 bits per heavy atom. The fourth-order valence-corrected chi connectivity index (χ4v) is 2.46. The maximum absolute atomic E-state index is 11.8. The number of anilines is 1. The van der Waals surface area contributed by atoms with Crippen molar-refractivity contribution in [3.05, 3.63) is 11.8 Å². The van der Waals surface area contributed by atoms with Crippen molar-refractivity contribution in [1.29, 1.82) is 0 Å². The van der Waals surface area contributed by atoms with Gasteiger partial charge in [0.1, 0.15) is 5.76 Å². The number of aromatic nitrogens is 1. The minimum atomic E-state index is -0.00892. The van der Waals surface area contributed by atoms with E-state index < -0.39 is 0 Å². The van der Waals surface area contributed by atoms with Crippen LogP contribution in [0, 0.1) is 12.8 Å². The summed E-state index contributed by atoms with van der Waals surface area (Å²) in [4.78, 5) is 14.1. The lowest BCUT2D eigenvalue weighted by molar-refractivity contribution is -0.116. The molecule has 1 aliphatic rings. The smallest absolute Gasteiger partial charge is 0.226 e. The van der Waals surface area contributed by atoms with Crippen molar-refractivity contribution in [2.45, 2.75) is 19.8 Å². The van der Waals surface area contributed by atoms with Crippen LogP contribution >= 0.6 is 12.4 Å². The van der Waals surface area contributed by atoms with Crippen molar-refractivity contribution >= 4 is 24.1 Å². The van der Waals surface area contributed by atoms with Crippen LogP contribution in [0.2, 0.25) is 0 Å². The molecule has 1 atom stereocenters. The van der Waals surface area contributed by atoms with E-state index in [1.807, 2.05) is 7.05 Å². The molecular formula is C13H23ClN4O2. The van der Waals surface area contributed by atoms with Gasteiger partial charge in [-0.2, -0.15) is 0 Å². The third-order valence-corrected chi connectivity index (χ3v) is 3.41. The Balaban J connectivity index is 0.00000200. The zero-order chi connectivity index (χ0) is 13.7. The number of carbonyl (C=O) groups is 1. The van der Waals surface area contributed by atoms with Gasteiger partial charge in [-0.15, -0.1) is 12.4 Å². The second kappa shape index (κ2) is 8.24. The summed E-state index contributed by atoms with van der Waals surface area (Å²) in [5, 5.41) is 9.69. The van der Waals surface area contributed by atoms with E-state index in [0.29, 0.717) is 23.9 Å². The molecule has 2 N–H and O–H groups in total. The SMILES string of the molecule is CNCC1CCN(CCC(=O)Nc2cc(C)on2)C1.Cl. The number of amides is 1. The van der Waals surface area contributed by atoms with Crippen molar-refractivity contribution < 1.29 is 9.32 Å². The van der Waals surface area contributed by atoms with E-state index in [9.17, 15) is 4.79 Å². The first-order chi connectivity index (χ1) is 9.17. The van der Waals surface area contributed by atoms with Gasteiger partial charge in [-0.05, 0) is 39.4 Å². The molecule has 0 spiro atoms. The molecule has 2 heterocycles. The number of likely N-dealkylation sites (tertiary alicyclic amines) is 1. The topological polar surface area (TPSA) is 70.4 Å². The van der Waals surface area contributed by atoms with E-state index in [1.54, 1.807) is 13.0 Å². The third kappa shape index (κ3) is 5.11. The third-order valence-electron chi connectivity index (χ3n) is 3.41. The van der Waals surface area contributed by atoms with Gasteiger partial charge in [-0.25, -0.2) is 0 Å². The minimum Gasteiger partial charge on any atom is -0.360 e.